The van der Waals surface area contributed by atoms with Crippen molar-refractivity contribution in [2.75, 3.05) is 11.4 Å². The molecule has 19 heavy (non-hydrogen) atoms. The lowest BCUT2D eigenvalue weighted by molar-refractivity contribution is -0.116. The predicted octanol–water partition coefficient (Wildman–Crippen LogP) is 3.95. The highest BCUT2D eigenvalue weighted by molar-refractivity contribution is 9.09. The summed E-state index contributed by atoms with van der Waals surface area (Å²) in [6, 6.07) is 6.56. The molecular formula is C16H22BrNO. The van der Waals surface area contributed by atoms with Crippen molar-refractivity contribution >= 4 is 27.5 Å². The number of carbonyl (C=O) groups is 1. The molecule has 3 heteroatoms. The molecule has 1 atom stereocenters. The Hall–Kier alpha value is -0.830. The van der Waals surface area contributed by atoms with Crippen molar-refractivity contribution in [3.8, 4) is 0 Å². The van der Waals surface area contributed by atoms with Gasteiger partial charge in [-0.2, -0.15) is 0 Å². The Morgan fingerprint density at radius 2 is 2.16 bits per heavy atom. The molecule has 0 saturated carbocycles. The maximum Gasteiger partial charge on any atom is 0.223 e. The van der Waals surface area contributed by atoms with Crippen LogP contribution in [-0.4, -0.2) is 17.3 Å². The minimum atomic E-state index is 0.147. The van der Waals surface area contributed by atoms with E-state index in [1.54, 1.807) is 6.92 Å². The first-order valence-corrected chi connectivity index (χ1v) is 7.94. The van der Waals surface area contributed by atoms with Crippen molar-refractivity contribution in [2.45, 2.75) is 44.9 Å². The third-order valence-electron chi connectivity index (χ3n) is 3.80. The monoisotopic (exact) mass is 323 g/mol. The lowest BCUT2D eigenvalue weighted by Crippen LogP contribution is -2.33. The van der Waals surface area contributed by atoms with Gasteiger partial charge in [-0.15, -0.1) is 0 Å². The average Bonchev–Trinajstić information content (AvgIpc) is 2.37. The Morgan fingerprint density at radius 3 is 2.79 bits per heavy atom. The zero-order valence-electron chi connectivity index (χ0n) is 11.9. The Bertz CT molecular complexity index is 470. The van der Waals surface area contributed by atoms with Crippen molar-refractivity contribution in [2.24, 2.45) is 5.92 Å². The fraction of sp³-hybridized carbons (Fsp3) is 0.562. The molecule has 104 valence electrons. The van der Waals surface area contributed by atoms with Gasteiger partial charge in [0.2, 0.25) is 5.91 Å². The van der Waals surface area contributed by atoms with Gasteiger partial charge < -0.3 is 4.90 Å². The number of aryl methyl sites for hydroxylation is 1. The fourth-order valence-electron chi connectivity index (χ4n) is 2.57. The SMILES string of the molecule is CC(=O)N1CCCc2cc(CC(Br)C(C)C)ccc21. The summed E-state index contributed by atoms with van der Waals surface area (Å²) in [6.07, 6.45) is 3.20. The predicted molar refractivity (Wildman–Crippen MR) is 84.0 cm³/mol. The number of carbonyl (C=O) groups excluding carboxylic acids is 1. The molecule has 1 unspecified atom stereocenters. The molecule has 1 aromatic carbocycles. The largest absolute Gasteiger partial charge is 0.312 e. The van der Waals surface area contributed by atoms with Gasteiger partial charge in [-0.1, -0.05) is 41.9 Å². The Kier molecular flexibility index (Phi) is 4.67. The van der Waals surface area contributed by atoms with Crippen molar-refractivity contribution in [1.82, 2.24) is 0 Å². The molecule has 0 radical (unpaired) electrons. The molecule has 1 aliphatic heterocycles. The highest BCUT2D eigenvalue weighted by Gasteiger charge is 2.20. The molecule has 1 heterocycles. The van der Waals surface area contributed by atoms with Crippen molar-refractivity contribution in [3.05, 3.63) is 29.3 Å². The summed E-state index contributed by atoms with van der Waals surface area (Å²) in [4.78, 5) is 14.0. The van der Waals surface area contributed by atoms with E-state index in [2.05, 4.69) is 48.0 Å². The molecule has 1 amide bonds. The van der Waals surface area contributed by atoms with Crippen LogP contribution in [0.3, 0.4) is 0 Å². The number of amides is 1. The first-order chi connectivity index (χ1) is 8.99. The van der Waals surface area contributed by atoms with Crippen LogP contribution in [0, 0.1) is 5.92 Å². The molecule has 0 bridgehead atoms. The van der Waals surface area contributed by atoms with E-state index in [4.69, 9.17) is 0 Å². The molecule has 1 aliphatic rings. The van der Waals surface area contributed by atoms with Gasteiger partial charge in [-0.3, -0.25) is 4.79 Å². The molecule has 1 aromatic rings. The van der Waals surface area contributed by atoms with Crippen LogP contribution in [0.25, 0.3) is 0 Å². The quantitative estimate of drug-likeness (QED) is 0.771. The summed E-state index contributed by atoms with van der Waals surface area (Å²) in [7, 11) is 0. The standard InChI is InChI=1S/C16H22BrNO/c1-11(2)15(17)10-13-6-7-16-14(9-13)5-4-8-18(16)12(3)19/h6-7,9,11,15H,4-5,8,10H2,1-3H3. The van der Waals surface area contributed by atoms with Gasteiger partial charge in [-0.25, -0.2) is 0 Å². The lowest BCUT2D eigenvalue weighted by Gasteiger charge is -2.29. The van der Waals surface area contributed by atoms with E-state index < -0.39 is 0 Å². The summed E-state index contributed by atoms with van der Waals surface area (Å²) in [5.41, 5.74) is 3.79. The number of fused-ring (bicyclic) bond motifs is 1. The van der Waals surface area contributed by atoms with E-state index in [0.717, 1.165) is 31.5 Å². The fourth-order valence-corrected chi connectivity index (χ4v) is 2.94. The number of alkyl halides is 1. The van der Waals surface area contributed by atoms with Gasteiger partial charge in [0.25, 0.3) is 0 Å². The maximum absolute atomic E-state index is 11.6. The lowest BCUT2D eigenvalue weighted by atomic mass is 9.96. The normalized spacial score (nSPS) is 16.4. The minimum Gasteiger partial charge on any atom is -0.312 e. The summed E-state index contributed by atoms with van der Waals surface area (Å²) in [5.74, 6) is 0.777. The van der Waals surface area contributed by atoms with Gasteiger partial charge in [0.1, 0.15) is 0 Å². The molecule has 0 N–H and O–H groups in total. The van der Waals surface area contributed by atoms with E-state index in [-0.39, 0.29) is 5.91 Å². The summed E-state index contributed by atoms with van der Waals surface area (Å²) >= 11 is 3.75. The molecule has 2 rings (SSSR count). The van der Waals surface area contributed by atoms with E-state index in [0.29, 0.717) is 10.7 Å². The second-order valence-corrected chi connectivity index (χ2v) is 6.88. The number of hydrogen-bond donors (Lipinski definition) is 0. The zero-order chi connectivity index (χ0) is 14.0. The third-order valence-corrected chi connectivity index (χ3v) is 5.18. The molecule has 0 spiro atoms. The number of hydrogen-bond acceptors (Lipinski definition) is 1. The molecular weight excluding hydrogens is 302 g/mol. The van der Waals surface area contributed by atoms with E-state index in [1.165, 1.54) is 11.1 Å². The van der Waals surface area contributed by atoms with Crippen LogP contribution in [-0.2, 0) is 17.6 Å². The van der Waals surface area contributed by atoms with Crippen molar-refractivity contribution in [3.63, 3.8) is 0 Å². The molecule has 0 fully saturated rings. The van der Waals surface area contributed by atoms with Crippen molar-refractivity contribution in [1.29, 1.82) is 0 Å². The summed E-state index contributed by atoms with van der Waals surface area (Å²) in [5, 5.41) is 0. The third kappa shape index (κ3) is 3.38. The topological polar surface area (TPSA) is 20.3 Å². The van der Waals surface area contributed by atoms with Crippen LogP contribution in [0.5, 0.6) is 0 Å². The number of nitrogens with zero attached hydrogens (tertiary/aromatic N) is 1. The number of anilines is 1. The van der Waals surface area contributed by atoms with Crippen molar-refractivity contribution < 1.29 is 4.79 Å². The van der Waals surface area contributed by atoms with E-state index >= 15 is 0 Å². The smallest absolute Gasteiger partial charge is 0.223 e. The Labute approximate surface area is 124 Å². The van der Waals surface area contributed by atoms with E-state index in [1.807, 2.05) is 4.90 Å². The number of halogens is 1. The van der Waals surface area contributed by atoms with Crippen LogP contribution in [0.15, 0.2) is 18.2 Å². The number of rotatable bonds is 3. The molecule has 2 nitrogen and oxygen atoms in total. The van der Waals surface area contributed by atoms with Crippen LogP contribution < -0.4 is 4.90 Å². The van der Waals surface area contributed by atoms with Gasteiger partial charge in [0.05, 0.1) is 0 Å². The zero-order valence-corrected chi connectivity index (χ0v) is 13.5. The van der Waals surface area contributed by atoms with Gasteiger partial charge in [0, 0.05) is 24.0 Å². The number of benzene rings is 1. The minimum absolute atomic E-state index is 0.147. The first-order valence-electron chi connectivity index (χ1n) is 7.03. The Balaban J connectivity index is 2.22. The van der Waals surface area contributed by atoms with E-state index in [9.17, 15) is 4.79 Å². The second kappa shape index (κ2) is 6.08. The van der Waals surface area contributed by atoms with Crippen LogP contribution >= 0.6 is 15.9 Å². The van der Waals surface area contributed by atoms with Gasteiger partial charge in [-0.05, 0) is 42.4 Å². The molecule has 0 saturated heterocycles. The molecule has 0 aromatic heterocycles. The average molecular weight is 324 g/mol. The summed E-state index contributed by atoms with van der Waals surface area (Å²) in [6.45, 7) is 6.97. The first kappa shape index (κ1) is 14.6. The second-order valence-electron chi connectivity index (χ2n) is 5.70. The van der Waals surface area contributed by atoms with Crippen LogP contribution in [0.1, 0.15) is 38.3 Å². The molecule has 0 aliphatic carbocycles. The highest BCUT2D eigenvalue weighted by Crippen LogP contribution is 2.29. The van der Waals surface area contributed by atoms with Gasteiger partial charge in [0.15, 0.2) is 0 Å². The Morgan fingerprint density at radius 1 is 1.42 bits per heavy atom. The van der Waals surface area contributed by atoms with Gasteiger partial charge >= 0.3 is 0 Å². The van der Waals surface area contributed by atoms with Crippen LogP contribution in [0.4, 0.5) is 5.69 Å². The highest BCUT2D eigenvalue weighted by atomic mass is 79.9. The maximum atomic E-state index is 11.6. The van der Waals surface area contributed by atoms with Crippen LogP contribution in [0.2, 0.25) is 0 Å². The summed E-state index contributed by atoms with van der Waals surface area (Å²) < 4.78 is 0.